The van der Waals surface area contributed by atoms with Gasteiger partial charge in [0.1, 0.15) is 23.3 Å². The van der Waals surface area contributed by atoms with Crippen molar-refractivity contribution >= 4 is 35.4 Å². The molecule has 16 heteroatoms. The Morgan fingerprint density at radius 1 is 0.444 bits per heavy atom. The largest absolute Gasteiger partial charge is 0.355 e. The molecule has 0 spiro atoms. The molecule has 0 bridgehead atoms. The summed E-state index contributed by atoms with van der Waals surface area (Å²) in [6.45, 7) is 1.90. The second kappa shape index (κ2) is 20.0. The molecule has 0 unspecified atom stereocenters. The van der Waals surface area contributed by atoms with Crippen molar-refractivity contribution < 1.29 is 46.3 Å². The van der Waals surface area contributed by atoms with Gasteiger partial charge in [0.15, 0.2) is 0 Å². The summed E-state index contributed by atoms with van der Waals surface area (Å²) in [7, 11) is 0. The Hall–Kier alpha value is -7.36. The molecule has 372 valence electrons. The van der Waals surface area contributed by atoms with Gasteiger partial charge in [0, 0.05) is 79.7 Å². The first-order chi connectivity index (χ1) is 34.7. The van der Waals surface area contributed by atoms with Crippen molar-refractivity contribution in [3.05, 3.63) is 178 Å². The number of hydrogen-bond acceptors (Lipinski definition) is 6. The molecule has 2 saturated heterocycles. The highest BCUT2D eigenvalue weighted by Crippen LogP contribution is 2.44. The molecule has 12 nitrogen and oxygen atoms in total. The van der Waals surface area contributed by atoms with E-state index in [2.05, 4.69) is 21.3 Å². The Kier molecular flexibility index (Phi) is 13.4. The fourth-order valence-corrected chi connectivity index (χ4v) is 10.6. The van der Waals surface area contributed by atoms with Crippen molar-refractivity contribution in [1.82, 2.24) is 31.1 Å². The highest BCUT2D eigenvalue weighted by atomic mass is 19.1. The van der Waals surface area contributed by atoms with Crippen LogP contribution in [0.1, 0.15) is 92.8 Å². The van der Waals surface area contributed by atoms with Crippen molar-refractivity contribution in [2.24, 2.45) is 23.7 Å². The Bertz CT molecular complexity index is 2790. The number of carbonyl (C=O) groups is 6. The number of halogens is 4. The van der Waals surface area contributed by atoms with Gasteiger partial charge in [-0.3, -0.25) is 28.8 Å². The van der Waals surface area contributed by atoms with Gasteiger partial charge >= 0.3 is 0 Å². The average Bonchev–Trinajstić information content (AvgIpc) is 4.35. The van der Waals surface area contributed by atoms with Crippen LogP contribution in [-0.4, -0.2) is 96.1 Å². The van der Waals surface area contributed by atoms with Gasteiger partial charge in [-0.2, -0.15) is 0 Å². The smallest absolute Gasteiger partial charge is 0.253 e. The highest BCUT2D eigenvalue weighted by molar-refractivity contribution is 6.00. The number of carbonyl (C=O) groups excluding carboxylic acids is 6. The quantitative estimate of drug-likeness (QED) is 0.0872. The summed E-state index contributed by atoms with van der Waals surface area (Å²) >= 11 is 0. The maximum absolute atomic E-state index is 14.2. The monoisotopic (exact) mass is 982 g/mol. The molecular formula is C56H54F4N6O6. The Morgan fingerprint density at radius 3 is 1.06 bits per heavy atom. The zero-order chi connectivity index (χ0) is 50.4. The maximum Gasteiger partial charge on any atom is 0.253 e. The third kappa shape index (κ3) is 10.6. The van der Waals surface area contributed by atoms with E-state index >= 15 is 0 Å². The molecule has 5 aromatic rings. The van der Waals surface area contributed by atoms with Crippen LogP contribution < -0.4 is 21.3 Å². The van der Waals surface area contributed by atoms with E-state index in [0.717, 1.165) is 22.3 Å². The van der Waals surface area contributed by atoms with Crippen LogP contribution in [0.2, 0.25) is 0 Å². The predicted octanol–water partition coefficient (Wildman–Crippen LogP) is 6.56. The van der Waals surface area contributed by atoms with E-state index < -0.39 is 41.4 Å². The molecule has 5 fully saturated rings. The molecule has 2 heterocycles. The predicted molar refractivity (Wildman–Crippen MR) is 257 cm³/mol. The third-order valence-electron chi connectivity index (χ3n) is 15.2. The number of nitrogens with zero attached hydrogens (tertiary/aromatic N) is 2. The Labute approximate surface area is 413 Å². The van der Waals surface area contributed by atoms with Gasteiger partial charge < -0.3 is 31.1 Å². The van der Waals surface area contributed by atoms with Gasteiger partial charge in [-0.15, -0.1) is 0 Å². The van der Waals surface area contributed by atoms with Crippen LogP contribution in [0.3, 0.4) is 0 Å². The van der Waals surface area contributed by atoms with E-state index in [4.69, 9.17) is 0 Å². The minimum absolute atomic E-state index is 0.0101. The summed E-state index contributed by atoms with van der Waals surface area (Å²) in [4.78, 5) is 87.0. The average molecular weight is 983 g/mol. The van der Waals surface area contributed by atoms with Crippen LogP contribution in [0.5, 0.6) is 0 Å². The van der Waals surface area contributed by atoms with Gasteiger partial charge in [0.25, 0.3) is 11.8 Å². The van der Waals surface area contributed by atoms with Gasteiger partial charge in [-0.25, -0.2) is 17.6 Å². The van der Waals surface area contributed by atoms with Crippen molar-refractivity contribution in [1.29, 1.82) is 0 Å². The highest BCUT2D eigenvalue weighted by Gasteiger charge is 2.50. The lowest BCUT2D eigenvalue weighted by Gasteiger charge is -2.19. The van der Waals surface area contributed by atoms with E-state index in [9.17, 15) is 46.3 Å². The summed E-state index contributed by atoms with van der Waals surface area (Å²) in [6.07, 6.45) is 1.93. The van der Waals surface area contributed by atoms with Crippen LogP contribution in [0.15, 0.2) is 121 Å². The zero-order valence-electron chi connectivity index (χ0n) is 39.4. The number of nitrogens with one attached hydrogen (secondary N) is 4. The van der Waals surface area contributed by atoms with E-state index in [1.807, 2.05) is 6.92 Å². The summed E-state index contributed by atoms with van der Waals surface area (Å²) in [5.41, 5.74) is 3.90. The first-order valence-electron chi connectivity index (χ1n) is 24.6. The molecule has 3 aliphatic carbocycles. The van der Waals surface area contributed by atoms with Crippen molar-refractivity contribution in [3.63, 3.8) is 0 Å². The number of benzene rings is 5. The van der Waals surface area contributed by atoms with Crippen LogP contribution >= 0.6 is 0 Å². The zero-order valence-corrected chi connectivity index (χ0v) is 39.4. The van der Waals surface area contributed by atoms with Gasteiger partial charge in [-0.05, 0) is 120 Å². The standard InChI is InChI=1S/C56H54F4N6O6/c1-30(31-6-14-37(57)15-7-31)25-61-51(67)44-26-65(27-45(44)52(68)62-48-22-41(48)32-8-16-38(58)17-9-32)55(71)35-2-4-36(5-3-35)56(72)66-28-46(53(69)63-49-23-42(49)33-10-18-39(59)19-11-33)47(29-66)54(70)64-50-24-43(50)34-12-20-40(60)21-13-34/h2-21,30,41-50H,22-29H2,1H3,(H,61,67)(H,62,68)(H,63,69)(H,64,70)/t30-,41-,42-,43-,44-,45-,46-,47-,48+,49+,50+/m1/s1. The third-order valence-corrected chi connectivity index (χ3v) is 15.2. The molecule has 6 amide bonds. The molecule has 10 rings (SSSR count). The molecule has 11 atom stereocenters. The van der Waals surface area contributed by atoms with Crippen LogP contribution in [-0.2, 0) is 19.2 Å². The van der Waals surface area contributed by atoms with Gasteiger partial charge in [0.2, 0.25) is 23.6 Å². The summed E-state index contributed by atoms with van der Waals surface area (Å²) < 4.78 is 54.4. The topological polar surface area (TPSA) is 157 Å². The second-order valence-electron chi connectivity index (χ2n) is 20.1. The number of likely N-dealkylation sites (tertiary alicyclic amines) is 2. The van der Waals surface area contributed by atoms with Crippen LogP contribution in [0, 0.1) is 46.9 Å². The molecule has 5 aromatic carbocycles. The normalized spacial score (nSPS) is 26.3. The number of amides is 6. The Morgan fingerprint density at radius 2 is 0.736 bits per heavy atom. The van der Waals surface area contributed by atoms with Gasteiger partial charge in [-0.1, -0.05) is 55.5 Å². The lowest BCUT2D eigenvalue weighted by molar-refractivity contribution is -0.133. The van der Waals surface area contributed by atoms with Crippen LogP contribution in [0.4, 0.5) is 17.6 Å². The minimum atomic E-state index is -0.897. The molecule has 5 aliphatic rings. The van der Waals surface area contributed by atoms with Crippen molar-refractivity contribution in [2.75, 3.05) is 32.7 Å². The summed E-state index contributed by atoms with van der Waals surface area (Å²) in [5.74, 6) is -7.66. The lowest BCUT2D eigenvalue weighted by atomic mass is 9.93. The van der Waals surface area contributed by atoms with E-state index in [0.29, 0.717) is 19.3 Å². The first-order valence-corrected chi connectivity index (χ1v) is 24.6. The lowest BCUT2D eigenvalue weighted by Crippen LogP contribution is -2.43. The van der Waals surface area contributed by atoms with Crippen molar-refractivity contribution in [2.45, 2.75) is 68.0 Å². The second-order valence-corrected chi connectivity index (χ2v) is 20.1. The molecule has 72 heavy (non-hydrogen) atoms. The molecule has 0 radical (unpaired) electrons. The summed E-state index contributed by atoms with van der Waals surface area (Å²) in [5, 5.41) is 12.1. The molecule has 2 aliphatic heterocycles. The SMILES string of the molecule is C[C@H](CNC(=O)[C@@H]1CN(C(=O)c2ccc(C(=O)N3C[C@@H](C(=O)N[C@H]4C[C@@H]4c4ccc(F)cc4)[C@H](C(=O)N[C@H]4C[C@@H]4c4ccc(F)cc4)C3)cc2)C[C@H]1C(=O)N[C@H]1C[C@@H]1c1ccc(F)cc1)c1ccc(F)cc1. The summed E-state index contributed by atoms with van der Waals surface area (Å²) in [6, 6.07) is 29.7. The molecule has 4 N–H and O–H groups in total. The van der Waals surface area contributed by atoms with Crippen molar-refractivity contribution in [3.8, 4) is 0 Å². The fraction of sp³-hybridized carbons (Fsp3) is 0.357. The number of rotatable bonds is 15. The molecule has 0 aromatic heterocycles. The van der Waals surface area contributed by atoms with E-state index in [1.165, 1.54) is 82.6 Å². The Balaban J connectivity index is 0.805. The first kappa shape index (κ1) is 48.3. The fourth-order valence-electron chi connectivity index (χ4n) is 10.6. The van der Waals surface area contributed by atoms with E-state index in [1.54, 1.807) is 48.5 Å². The maximum atomic E-state index is 14.2. The number of hydrogen-bond donors (Lipinski definition) is 4. The molecule has 3 saturated carbocycles. The van der Waals surface area contributed by atoms with E-state index in [-0.39, 0.29) is 127 Å². The van der Waals surface area contributed by atoms with Gasteiger partial charge in [0.05, 0.1) is 23.7 Å². The molecular weight excluding hydrogens is 929 g/mol. The van der Waals surface area contributed by atoms with Crippen LogP contribution in [0.25, 0.3) is 0 Å². The minimum Gasteiger partial charge on any atom is -0.355 e.